The summed E-state index contributed by atoms with van der Waals surface area (Å²) < 4.78 is 5.27. The molecular formula is C19H25NO4. The predicted molar refractivity (Wildman–Crippen MR) is 91.5 cm³/mol. The van der Waals surface area contributed by atoms with E-state index in [1.807, 2.05) is 27.0 Å². The number of nitrogens with zero attached hydrogens (tertiary/aromatic N) is 1. The molecular weight excluding hydrogens is 306 g/mol. The second-order valence-electron chi connectivity index (χ2n) is 7.10. The molecule has 1 aliphatic heterocycles. The first-order chi connectivity index (χ1) is 11.3. The van der Waals surface area contributed by atoms with Crippen molar-refractivity contribution in [3.05, 3.63) is 35.4 Å². The molecule has 0 aromatic heterocycles. The summed E-state index contributed by atoms with van der Waals surface area (Å²) in [5.74, 6) is 0.356. The van der Waals surface area contributed by atoms with Gasteiger partial charge in [0, 0.05) is 23.4 Å². The van der Waals surface area contributed by atoms with Crippen molar-refractivity contribution in [3.63, 3.8) is 0 Å². The highest BCUT2D eigenvalue weighted by Gasteiger charge is 2.60. The van der Waals surface area contributed by atoms with E-state index in [0.29, 0.717) is 17.7 Å². The van der Waals surface area contributed by atoms with E-state index in [9.17, 15) is 15.0 Å². The molecule has 5 nitrogen and oxygen atoms in total. The van der Waals surface area contributed by atoms with Gasteiger partial charge in [0.05, 0.1) is 7.11 Å². The average molecular weight is 331 g/mol. The summed E-state index contributed by atoms with van der Waals surface area (Å²) in [5, 5.41) is 22.5. The first-order valence-corrected chi connectivity index (χ1v) is 8.28. The van der Waals surface area contributed by atoms with Gasteiger partial charge in [-0.15, -0.1) is 0 Å². The molecule has 0 bridgehead atoms. The highest BCUT2D eigenvalue weighted by atomic mass is 16.5. The summed E-state index contributed by atoms with van der Waals surface area (Å²) in [6.45, 7) is 4.59. The number of hydrogen-bond acceptors (Lipinski definition) is 5. The number of allylic oxidation sites excluding steroid dienone is 1. The number of benzene rings is 1. The van der Waals surface area contributed by atoms with Crippen molar-refractivity contribution < 1.29 is 19.7 Å². The van der Waals surface area contributed by atoms with Crippen molar-refractivity contribution in [2.75, 3.05) is 20.7 Å². The zero-order valence-electron chi connectivity index (χ0n) is 14.7. The van der Waals surface area contributed by atoms with Crippen LogP contribution in [0.5, 0.6) is 11.5 Å². The number of likely N-dealkylation sites (N-methyl/N-ethyl adjacent to an activating group) is 1. The minimum atomic E-state index is -1.23. The van der Waals surface area contributed by atoms with Crippen LogP contribution < -0.4 is 4.74 Å². The van der Waals surface area contributed by atoms with Crippen LogP contribution in [-0.2, 0) is 10.2 Å². The Kier molecular flexibility index (Phi) is 3.97. The number of piperidine rings is 1. The smallest absolute Gasteiger partial charge is 0.161 e. The van der Waals surface area contributed by atoms with Crippen molar-refractivity contribution in [1.29, 1.82) is 0 Å². The number of carbonyl (C=O) groups excluding carboxylic acids is 1. The summed E-state index contributed by atoms with van der Waals surface area (Å²) in [5.41, 5.74) is -0.607. The second-order valence-corrected chi connectivity index (χ2v) is 7.10. The van der Waals surface area contributed by atoms with E-state index in [1.165, 1.54) is 13.2 Å². The molecule has 0 saturated carbocycles. The second kappa shape index (κ2) is 5.60. The lowest BCUT2D eigenvalue weighted by Crippen LogP contribution is -2.67. The predicted octanol–water partition coefficient (Wildman–Crippen LogP) is 1.93. The Labute approximate surface area is 142 Å². The normalized spacial score (nSPS) is 33.4. The van der Waals surface area contributed by atoms with Crippen LogP contribution in [-0.4, -0.2) is 53.2 Å². The third-order valence-electron chi connectivity index (χ3n) is 6.00. The number of ketones is 1. The Morgan fingerprint density at radius 2 is 2.08 bits per heavy atom. The minimum absolute atomic E-state index is 0.0239. The van der Waals surface area contributed by atoms with E-state index in [2.05, 4.69) is 4.90 Å². The van der Waals surface area contributed by atoms with E-state index in [1.54, 1.807) is 12.1 Å². The molecule has 2 unspecified atom stereocenters. The van der Waals surface area contributed by atoms with Crippen molar-refractivity contribution in [2.45, 2.75) is 43.7 Å². The van der Waals surface area contributed by atoms with Crippen molar-refractivity contribution >= 4 is 5.78 Å². The number of hydrogen-bond donors (Lipinski definition) is 2. The van der Waals surface area contributed by atoms with Crippen LogP contribution >= 0.6 is 0 Å². The quantitative estimate of drug-likeness (QED) is 0.867. The maximum Gasteiger partial charge on any atom is 0.161 e. The van der Waals surface area contributed by atoms with Gasteiger partial charge in [-0.2, -0.15) is 0 Å². The van der Waals surface area contributed by atoms with Gasteiger partial charge in [-0.3, -0.25) is 4.79 Å². The Balaban J connectivity index is 2.31. The first kappa shape index (κ1) is 17.0. The molecule has 5 heteroatoms. The van der Waals surface area contributed by atoms with Gasteiger partial charge in [-0.05, 0) is 57.6 Å². The molecule has 1 heterocycles. The lowest BCUT2D eigenvalue weighted by molar-refractivity contribution is -0.130. The highest BCUT2D eigenvalue weighted by Crippen LogP contribution is 2.55. The first-order valence-electron chi connectivity index (χ1n) is 8.28. The Morgan fingerprint density at radius 1 is 1.38 bits per heavy atom. The summed E-state index contributed by atoms with van der Waals surface area (Å²) in [7, 11) is 3.47. The van der Waals surface area contributed by atoms with Gasteiger partial charge in [0.25, 0.3) is 0 Å². The number of phenolic OH excluding ortho intramolecular Hbond substituents is 1. The molecule has 0 radical (unpaired) electrons. The number of rotatable bonds is 2. The summed E-state index contributed by atoms with van der Waals surface area (Å²) in [6.07, 6.45) is 3.86. The SMILES string of the molecule is COc1ccc(C)c([C@]23CCN(C)C(C)C2(O)C=CC(=O)C3)c1O. The molecule has 24 heavy (non-hydrogen) atoms. The van der Waals surface area contributed by atoms with Crippen LogP contribution in [0.4, 0.5) is 0 Å². The van der Waals surface area contributed by atoms with E-state index in [4.69, 9.17) is 4.74 Å². The number of aromatic hydroxyl groups is 1. The maximum atomic E-state index is 12.3. The van der Waals surface area contributed by atoms with E-state index < -0.39 is 11.0 Å². The number of methoxy groups -OCH3 is 1. The van der Waals surface area contributed by atoms with Crippen LogP contribution in [0, 0.1) is 6.92 Å². The zero-order valence-corrected chi connectivity index (χ0v) is 14.7. The zero-order chi connectivity index (χ0) is 17.7. The van der Waals surface area contributed by atoms with Crippen molar-refractivity contribution in [2.24, 2.45) is 0 Å². The van der Waals surface area contributed by atoms with Gasteiger partial charge >= 0.3 is 0 Å². The molecule has 0 amide bonds. The van der Waals surface area contributed by atoms with Crippen molar-refractivity contribution in [3.8, 4) is 11.5 Å². The average Bonchev–Trinajstić information content (AvgIpc) is 2.54. The lowest BCUT2D eigenvalue weighted by atomic mass is 9.55. The van der Waals surface area contributed by atoms with Crippen LogP contribution in [0.3, 0.4) is 0 Å². The number of ether oxygens (including phenoxy) is 1. The summed E-state index contributed by atoms with van der Waals surface area (Å²) in [6, 6.07) is 3.40. The van der Waals surface area contributed by atoms with Crippen molar-refractivity contribution in [1.82, 2.24) is 4.90 Å². The van der Waals surface area contributed by atoms with Gasteiger partial charge in [-0.25, -0.2) is 0 Å². The molecule has 1 aliphatic carbocycles. The van der Waals surface area contributed by atoms with Gasteiger partial charge in [-0.1, -0.05) is 6.07 Å². The number of phenols is 1. The molecule has 1 aromatic carbocycles. The molecule has 2 N–H and O–H groups in total. The van der Waals surface area contributed by atoms with Gasteiger partial charge in [0.1, 0.15) is 5.60 Å². The van der Waals surface area contributed by atoms with E-state index in [-0.39, 0.29) is 24.0 Å². The number of fused-ring (bicyclic) bond motifs is 1. The fraction of sp³-hybridized carbons (Fsp3) is 0.526. The molecule has 1 saturated heterocycles. The standard InChI is InChI=1S/C19H25NO4/c1-12-5-6-15(24-4)17(22)16(12)18-9-10-20(3)13(2)19(18,23)8-7-14(21)11-18/h5-8,13,22-23H,9-11H2,1-4H3/t13?,18-,19?/m1/s1. The topological polar surface area (TPSA) is 70.0 Å². The molecule has 3 rings (SSSR count). The largest absolute Gasteiger partial charge is 0.504 e. The molecule has 130 valence electrons. The van der Waals surface area contributed by atoms with Crippen LogP contribution in [0.1, 0.15) is 30.9 Å². The van der Waals surface area contributed by atoms with E-state index >= 15 is 0 Å². The molecule has 3 atom stereocenters. The third-order valence-corrected chi connectivity index (χ3v) is 6.00. The summed E-state index contributed by atoms with van der Waals surface area (Å²) >= 11 is 0. The van der Waals surface area contributed by atoms with Crippen LogP contribution in [0.15, 0.2) is 24.3 Å². The Bertz CT molecular complexity index is 714. The number of aliphatic hydroxyl groups is 1. The van der Waals surface area contributed by atoms with Crippen LogP contribution in [0.2, 0.25) is 0 Å². The summed E-state index contributed by atoms with van der Waals surface area (Å²) in [4.78, 5) is 14.4. The van der Waals surface area contributed by atoms with Crippen LogP contribution in [0.25, 0.3) is 0 Å². The van der Waals surface area contributed by atoms with Gasteiger partial charge in [0.15, 0.2) is 17.3 Å². The number of carbonyl (C=O) groups is 1. The Hall–Kier alpha value is -1.85. The lowest BCUT2D eigenvalue weighted by Gasteiger charge is -2.57. The van der Waals surface area contributed by atoms with Gasteiger partial charge < -0.3 is 19.8 Å². The molecule has 0 spiro atoms. The van der Waals surface area contributed by atoms with Gasteiger partial charge in [0.2, 0.25) is 0 Å². The maximum absolute atomic E-state index is 12.3. The third kappa shape index (κ3) is 2.11. The molecule has 1 aromatic rings. The minimum Gasteiger partial charge on any atom is -0.504 e. The number of aryl methyl sites for hydroxylation is 1. The fourth-order valence-corrected chi connectivity index (χ4v) is 4.46. The van der Waals surface area contributed by atoms with E-state index in [0.717, 1.165) is 12.1 Å². The fourth-order valence-electron chi connectivity index (χ4n) is 4.46. The Morgan fingerprint density at radius 3 is 2.75 bits per heavy atom. The number of likely N-dealkylation sites (tertiary alicyclic amines) is 1. The molecule has 2 aliphatic rings. The highest BCUT2D eigenvalue weighted by molar-refractivity contribution is 5.93. The monoisotopic (exact) mass is 331 g/mol. The molecule has 1 fully saturated rings.